The fourth-order valence-corrected chi connectivity index (χ4v) is 0.604. The van der Waals surface area contributed by atoms with Gasteiger partial charge in [-0.15, -0.1) is 0 Å². The molecule has 2 N–H and O–H groups in total. The van der Waals surface area contributed by atoms with Gasteiger partial charge in [0, 0.05) is 26.2 Å². The molecule has 0 aliphatic carbocycles. The topological polar surface area (TPSA) is 24.1 Å². The first kappa shape index (κ1) is 7.44. The van der Waals surface area contributed by atoms with Crippen LogP contribution in [0.25, 0.3) is 0 Å². The van der Waals surface area contributed by atoms with Crippen LogP contribution in [0.3, 0.4) is 0 Å². The predicted octanol–water partition coefficient (Wildman–Crippen LogP) is -1.74. The first-order valence-corrected chi connectivity index (χ1v) is 2.41. The van der Waals surface area contributed by atoms with E-state index in [0.29, 0.717) is 0 Å². The van der Waals surface area contributed by atoms with Crippen molar-refractivity contribution in [3.8, 4) is 0 Å². The monoisotopic (exact) mass is 168 g/mol. The maximum atomic E-state index is 3.22. The van der Waals surface area contributed by atoms with Gasteiger partial charge in [0.25, 0.3) is 0 Å². The molecule has 0 radical (unpaired) electrons. The average Bonchev–Trinajstić information content (AvgIpc) is 1.72. The Bertz CT molecular complexity index is 25.2. The molecular formula is C4H12N2Se. The first-order valence-electron chi connectivity index (χ1n) is 2.41. The van der Waals surface area contributed by atoms with Crippen LogP contribution in [-0.4, -0.2) is 43.2 Å². The summed E-state index contributed by atoms with van der Waals surface area (Å²) in [7, 11) is 0. The third-order valence-electron chi connectivity index (χ3n) is 0.957. The Morgan fingerprint density at radius 3 is 1.14 bits per heavy atom. The molecule has 0 aromatic rings. The molecule has 2 nitrogen and oxygen atoms in total. The van der Waals surface area contributed by atoms with E-state index in [4.69, 9.17) is 0 Å². The molecule has 44 valence electrons. The summed E-state index contributed by atoms with van der Waals surface area (Å²) >= 11 is 0. The molecule has 0 aromatic carbocycles. The van der Waals surface area contributed by atoms with Crippen LogP contribution >= 0.6 is 0 Å². The van der Waals surface area contributed by atoms with E-state index in [0.717, 1.165) is 26.2 Å². The van der Waals surface area contributed by atoms with E-state index in [1.54, 1.807) is 0 Å². The molecule has 1 aliphatic heterocycles. The molecular weight excluding hydrogens is 155 g/mol. The Balaban J connectivity index is 0.000000360. The van der Waals surface area contributed by atoms with E-state index in [9.17, 15) is 0 Å². The Hall–Kier alpha value is 0.439. The minimum atomic E-state index is 0. The second-order valence-corrected chi connectivity index (χ2v) is 1.50. The minimum absolute atomic E-state index is 0. The quantitative estimate of drug-likeness (QED) is 0.419. The van der Waals surface area contributed by atoms with Gasteiger partial charge in [-0.05, 0) is 0 Å². The molecule has 1 rings (SSSR count). The number of piperazine rings is 1. The molecule has 0 atom stereocenters. The fraction of sp³-hybridized carbons (Fsp3) is 1.00. The van der Waals surface area contributed by atoms with E-state index in [2.05, 4.69) is 10.6 Å². The van der Waals surface area contributed by atoms with Gasteiger partial charge >= 0.3 is 17.1 Å². The Kier molecular flexibility index (Phi) is 4.88. The molecule has 1 heterocycles. The summed E-state index contributed by atoms with van der Waals surface area (Å²) in [5.74, 6) is 0. The van der Waals surface area contributed by atoms with E-state index in [-0.39, 0.29) is 17.1 Å². The number of nitrogens with one attached hydrogen (secondary N) is 2. The van der Waals surface area contributed by atoms with Gasteiger partial charge in [-0.2, -0.15) is 0 Å². The van der Waals surface area contributed by atoms with Crippen LogP contribution < -0.4 is 10.6 Å². The van der Waals surface area contributed by atoms with E-state index in [1.165, 1.54) is 0 Å². The molecule has 7 heavy (non-hydrogen) atoms. The van der Waals surface area contributed by atoms with Crippen molar-refractivity contribution in [2.75, 3.05) is 26.2 Å². The van der Waals surface area contributed by atoms with Gasteiger partial charge in [0.05, 0.1) is 0 Å². The van der Waals surface area contributed by atoms with Gasteiger partial charge in [-0.3, -0.25) is 0 Å². The van der Waals surface area contributed by atoms with E-state index >= 15 is 0 Å². The summed E-state index contributed by atoms with van der Waals surface area (Å²) in [5, 5.41) is 6.44. The number of rotatable bonds is 0. The zero-order valence-electron chi connectivity index (χ0n) is 4.33. The summed E-state index contributed by atoms with van der Waals surface area (Å²) in [5.41, 5.74) is 0. The molecule has 1 aliphatic rings. The van der Waals surface area contributed by atoms with Crippen LogP contribution in [0, 0.1) is 0 Å². The normalized spacial score (nSPS) is 20.6. The van der Waals surface area contributed by atoms with Crippen molar-refractivity contribution in [1.29, 1.82) is 0 Å². The van der Waals surface area contributed by atoms with Gasteiger partial charge in [0.15, 0.2) is 0 Å². The predicted molar refractivity (Wildman–Crippen MR) is 34.3 cm³/mol. The molecule has 0 unspecified atom stereocenters. The summed E-state index contributed by atoms with van der Waals surface area (Å²) in [6.45, 7) is 4.56. The van der Waals surface area contributed by atoms with E-state index in [1.807, 2.05) is 0 Å². The van der Waals surface area contributed by atoms with Crippen molar-refractivity contribution in [2.24, 2.45) is 0 Å². The van der Waals surface area contributed by atoms with Crippen molar-refractivity contribution < 1.29 is 0 Å². The van der Waals surface area contributed by atoms with Gasteiger partial charge < -0.3 is 10.6 Å². The van der Waals surface area contributed by atoms with Crippen LogP contribution in [0.1, 0.15) is 0 Å². The number of hydrogen-bond donors (Lipinski definition) is 2. The van der Waals surface area contributed by atoms with Crippen LogP contribution in [-0.2, 0) is 0 Å². The van der Waals surface area contributed by atoms with Crippen LogP contribution in [0.5, 0.6) is 0 Å². The van der Waals surface area contributed by atoms with Gasteiger partial charge in [-0.1, -0.05) is 0 Å². The second kappa shape index (κ2) is 4.59. The van der Waals surface area contributed by atoms with Crippen LogP contribution in [0.15, 0.2) is 0 Å². The summed E-state index contributed by atoms with van der Waals surface area (Å²) in [6, 6.07) is 0. The summed E-state index contributed by atoms with van der Waals surface area (Å²) in [6.07, 6.45) is 0. The van der Waals surface area contributed by atoms with Crippen LogP contribution in [0.4, 0.5) is 0 Å². The molecule has 0 aromatic heterocycles. The molecule has 0 amide bonds. The summed E-state index contributed by atoms with van der Waals surface area (Å²) < 4.78 is 0. The van der Waals surface area contributed by atoms with Crippen LogP contribution in [0.2, 0.25) is 0 Å². The zero-order chi connectivity index (χ0) is 4.24. The fourth-order valence-electron chi connectivity index (χ4n) is 0.604. The van der Waals surface area contributed by atoms with Gasteiger partial charge in [0.1, 0.15) is 0 Å². The van der Waals surface area contributed by atoms with Crippen molar-refractivity contribution in [2.45, 2.75) is 0 Å². The zero-order valence-corrected chi connectivity index (χ0v) is 6.43. The van der Waals surface area contributed by atoms with E-state index < -0.39 is 0 Å². The van der Waals surface area contributed by atoms with Crippen molar-refractivity contribution >= 4 is 17.1 Å². The Labute approximate surface area is 54.5 Å². The van der Waals surface area contributed by atoms with Gasteiger partial charge in [-0.25, -0.2) is 0 Å². The summed E-state index contributed by atoms with van der Waals surface area (Å²) in [4.78, 5) is 0. The van der Waals surface area contributed by atoms with Crippen molar-refractivity contribution in [3.63, 3.8) is 0 Å². The molecule has 0 saturated carbocycles. The Morgan fingerprint density at radius 1 is 0.714 bits per heavy atom. The Morgan fingerprint density at radius 2 is 1.00 bits per heavy atom. The maximum absolute atomic E-state index is 3.22. The van der Waals surface area contributed by atoms with Gasteiger partial charge in [0.2, 0.25) is 0 Å². The van der Waals surface area contributed by atoms with Crippen molar-refractivity contribution in [3.05, 3.63) is 0 Å². The average molecular weight is 167 g/mol. The molecule has 1 saturated heterocycles. The first-order chi connectivity index (χ1) is 3.00. The molecule has 0 bridgehead atoms. The standard InChI is InChI=1S/C4H10N2.H2Se/c1-2-6-4-3-5-1;/h5-6H,1-4H2;1H2. The number of hydrogen-bond acceptors (Lipinski definition) is 2. The molecule has 1 fully saturated rings. The van der Waals surface area contributed by atoms with Crippen molar-refractivity contribution in [1.82, 2.24) is 10.6 Å². The molecule has 0 spiro atoms. The third kappa shape index (κ3) is 3.06. The second-order valence-electron chi connectivity index (χ2n) is 1.50. The third-order valence-corrected chi connectivity index (χ3v) is 0.957. The SMILES string of the molecule is C1CNCCN1.[SeH2]. The molecule has 3 heteroatoms.